The summed E-state index contributed by atoms with van der Waals surface area (Å²) in [6, 6.07) is 10.8. The Morgan fingerprint density at radius 2 is 1.83 bits per heavy atom. The molecule has 0 bridgehead atoms. The highest BCUT2D eigenvalue weighted by atomic mass is 19.1. The van der Waals surface area contributed by atoms with E-state index >= 15 is 0 Å². The van der Waals surface area contributed by atoms with Crippen molar-refractivity contribution in [2.24, 2.45) is 11.1 Å². The first-order valence-corrected chi connectivity index (χ1v) is 9.66. The van der Waals surface area contributed by atoms with E-state index in [4.69, 9.17) is 5.73 Å². The van der Waals surface area contributed by atoms with Gasteiger partial charge in [0.15, 0.2) is 0 Å². The van der Waals surface area contributed by atoms with Crippen LogP contribution in [0.3, 0.4) is 0 Å². The van der Waals surface area contributed by atoms with Crippen LogP contribution in [0.5, 0.6) is 0 Å². The number of nitrogens with two attached hydrogens (primary N) is 1. The third-order valence-electron chi connectivity index (χ3n) is 5.59. The van der Waals surface area contributed by atoms with Gasteiger partial charge in [0.1, 0.15) is 11.6 Å². The van der Waals surface area contributed by atoms with Crippen molar-refractivity contribution in [3.63, 3.8) is 0 Å². The van der Waals surface area contributed by atoms with E-state index < -0.39 is 35.0 Å². The van der Waals surface area contributed by atoms with Gasteiger partial charge in [-0.25, -0.2) is 8.78 Å². The Kier molecular flexibility index (Phi) is 6.03. The minimum Gasteiger partial charge on any atom is -0.359 e. The normalized spacial score (nSPS) is 17.5. The van der Waals surface area contributed by atoms with Gasteiger partial charge in [-0.15, -0.1) is 0 Å². The lowest BCUT2D eigenvalue weighted by molar-refractivity contribution is -0.142. The lowest BCUT2D eigenvalue weighted by Gasteiger charge is -2.34. The second-order valence-electron chi connectivity index (χ2n) is 7.92. The molecule has 2 amide bonds. The summed E-state index contributed by atoms with van der Waals surface area (Å²) >= 11 is 0. The number of rotatable bonds is 5. The zero-order chi connectivity index (χ0) is 22.1. The van der Waals surface area contributed by atoms with Crippen molar-refractivity contribution in [1.82, 2.24) is 10.2 Å². The largest absolute Gasteiger partial charge is 0.359 e. The van der Waals surface area contributed by atoms with Crippen molar-refractivity contribution in [2.45, 2.75) is 25.9 Å². The maximum atomic E-state index is 14.4. The summed E-state index contributed by atoms with van der Waals surface area (Å²) in [5.74, 6) is -1.94. The molecule has 0 radical (unpaired) electrons. The van der Waals surface area contributed by atoms with Crippen LogP contribution in [0, 0.1) is 17.0 Å². The van der Waals surface area contributed by atoms with Crippen molar-refractivity contribution in [3.05, 3.63) is 77.4 Å². The van der Waals surface area contributed by atoms with Crippen molar-refractivity contribution >= 4 is 17.4 Å². The first kappa shape index (κ1) is 21.6. The zero-order valence-corrected chi connectivity index (χ0v) is 17.2. The smallest absolute Gasteiger partial charge is 0.241 e. The molecule has 3 rings (SSSR count). The van der Waals surface area contributed by atoms with Gasteiger partial charge in [0.2, 0.25) is 11.8 Å². The number of benzene rings is 2. The lowest BCUT2D eigenvalue weighted by atomic mass is 9.83. The quantitative estimate of drug-likeness (QED) is 0.791. The maximum Gasteiger partial charge on any atom is 0.241 e. The molecule has 2 aromatic rings. The summed E-state index contributed by atoms with van der Waals surface area (Å²) in [6.45, 7) is 3.25. The van der Waals surface area contributed by atoms with Crippen LogP contribution in [0.25, 0.3) is 5.57 Å². The highest BCUT2D eigenvalue weighted by Gasteiger charge is 2.43. The molecule has 0 unspecified atom stereocenters. The van der Waals surface area contributed by atoms with Gasteiger partial charge in [0, 0.05) is 19.2 Å². The van der Waals surface area contributed by atoms with Gasteiger partial charge >= 0.3 is 0 Å². The number of hydrogen-bond acceptors (Lipinski definition) is 3. The molecule has 1 heterocycles. The Balaban J connectivity index is 2.00. The molecule has 5 nitrogen and oxygen atoms in total. The molecule has 0 saturated carbocycles. The Hall–Kier alpha value is -3.06. The minimum atomic E-state index is -1.15. The molecule has 7 heteroatoms. The molecule has 30 heavy (non-hydrogen) atoms. The number of nitrogens with zero attached hydrogens (tertiary/aromatic N) is 1. The van der Waals surface area contributed by atoms with Crippen LogP contribution >= 0.6 is 0 Å². The molecule has 1 aliphatic rings. The molecule has 2 aromatic carbocycles. The van der Waals surface area contributed by atoms with E-state index in [1.54, 1.807) is 19.9 Å². The van der Waals surface area contributed by atoms with Crippen LogP contribution in [0.4, 0.5) is 8.78 Å². The van der Waals surface area contributed by atoms with Crippen molar-refractivity contribution in [2.75, 3.05) is 13.6 Å². The first-order chi connectivity index (χ1) is 14.2. The summed E-state index contributed by atoms with van der Waals surface area (Å²) in [4.78, 5) is 27.1. The van der Waals surface area contributed by atoms with E-state index in [-0.39, 0.29) is 18.0 Å². The Morgan fingerprint density at radius 1 is 1.17 bits per heavy atom. The van der Waals surface area contributed by atoms with Crippen LogP contribution in [-0.4, -0.2) is 36.3 Å². The average molecular weight is 413 g/mol. The van der Waals surface area contributed by atoms with Gasteiger partial charge in [-0.1, -0.05) is 36.4 Å². The first-order valence-electron chi connectivity index (χ1n) is 9.66. The Bertz CT molecular complexity index is 989. The fourth-order valence-electron chi connectivity index (χ4n) is 3.63. The van der Waals surface area contributed by atoms with Crippen molar-refractivity contribution < 1.29 is 18.4 Å². The summed E-state index contributed by atoms with van der Waals surface area (Å²) < 4.78 is 28.1. The highest BCUT2D eigenvalue weighted by Crippen LogP contribution is 2.37. The summed E-state index contributed by atoms with van der Waals surface area (Å²) in [6.07, 6.45) is 1.74. The number of halogens is 2. The fraction of sp³-hybridized carbons (Fsp3) is 0.304. The number of hydrogen-bond donors (Lipinski definition) is 2. The predicted octanol–water partition coefficient (Wildman–Crippen LogP) is 3.03. The minimum absolute atomic E-state index is 0.0519. The Labute approximate surface area is 174 Å². The van der Waals surface area contributed by atoms with Gasteiger partial charge in [-0.3, -0.25) is 9.59 Å². The average Bonchev–Trinajstić information content (AvgIpc) is 3.19. The molecule has 3 N–H and O–H groups in total. The number of carbonyl (C=O) groups excluding carboxylic acids is 2. The second-order valence-corrected chi connectivity index (χ2v) is 7.92. The van der Waals surface area contributed by atoms with Crippen LogP contribution in [0.15, 0.2) is 54.6 Å². The van der Waals surface area contributed by atoms with E-state index in [1.165, 1.54) is 11.9 Å². The summed E-state index contributed by atoms with van der Waals surface area (Å²) in [5.41, 5.74) is 6.46. The topological polar surface area (TPSA) is 75.4 Å². The van der Waals surface area contributed by atoms with E-state index in [0.717, 1.165) is 23.8 Å². The van der Waals surface area contributed by atoms with Crippen molar-refractivity contribution in [3.8, 4) is 0 Å². The molecular formula is C23H25F2N3O2. The van der Waals surface area contributed by atoms with Crippen LogP contribution in [-0.2, 0) is 9.59 Å². The fourth-order valence-corrected chi connectivity index (χ4v) is 3.63. The molecule has 2 atom stereocenters. The van der Waals surface area contributed by atoms with Gasteiger partial charge < -0.3 is 16.0 Å². The molecule has 158 valence electrons. The second kappa shape index (κ2) is 8.36. The molecule has 0 aromatic heterocycles. The molecule has 0 aliphatic carbocycles. The molecule has 0 saturated heterocycles. The van der Waals surface area contributed by atoms with Gasteiger partial charge in [0.05, 0.1) is 17.5 Å². The van der Waals surface area contributed by atoms with Crippen LogP contribution in [0.2, 0.25) is 0 Å². The van der Waals surface area contributed by atoms with Crippen LogP contribution < -0.4 is 11.1 Å². The van der Waals surface area contributed by atoms with Crippen LogP contribution in [0.1, 0.15) is 31.0 Å². The SMILES string of the molecule is CNC(=O)C(C)(C)[C@H](N)C(=O)N1CC(c2cc(F)ccc2F)=C[C@H]1c1ccccc1. The number of amides is 2. The monoisotopic (exact) mass is 413 g/mol. The zero-order valence-electron chi connectivity index (χ0n) is 17.2. The highest BCUT2D eigenvalue weighted by molar-refractivity contribution is 5.94. The number of nitrogens with one attached hydrogen (secondary N) is 1. The molecule has 0 spiro atoms. The standard InChI is InChI=1S/C23H25F2N3O2/c1-23(2,22(30)27-3)20(26)21(29)28-13-15(17-12-16(24)9-10-18(17)25)11-19(28)14-7-5-4-6-8-14/h4-12,19-20H,13,26H2,1-3H3,(H,27,30)/t19-,20+/m0/s1. The van der Waals surface area contributed by atoms with E-state index in [0.29, 0.717) is 5.57 Å². The maximum absolute atomic E-state index is 14.4. The van der Waals surface area contributed by atoms with Gasteiger partial charge in [-0.05, 0) is 43.2 Å². The summed E-state index contributed by atoms with van der Waals surface area (Å²) in [5, 5.41) is 2.53. The molecule has 0 fully saturated rings. The summed E-state index contributed by atoms with van der Waals surface area (Å²) in [7, 11) is 1.48. The van der Waals surface area contributed by atoms with E-state index in [2.05, 4.69) is 5.32 Å². The van der Waals surface area contributed by atoms with Crippen molar-refractivity contribution in [1.29, 1.82) is 0 Å². The van der Waals surface area contributed by atoms with Gasteiger partial charge in [-0.2, -0.15) is 0 Å². The van der Waals surface area contributed by atoms with Gasteiger partial charge in [0.25, 0.3) is 0 Å². The Morgan fingerprint density at radius 3 is 2.47 bits per heavy atom. The van der Waals surface area contributed by atoms with E-state index in [9.17, 15) is 18.4 Å². The third kappa shape index (κ3) is 3.98. The van der Waals surface area contributed by atoms with E-state index in [1.807, 2.05) is 30.3 Å². The third-order valence-corrected chi connectivity index (χ3v) is 5.59. The molecular weight excluding hydrogens is 388 g/mol. The predicted molar refractivity (Wildman–Crippen MR) is 111 cm³/mol. The lowest BCUT2D eigenvalue weighted by Crippen LogP contribution is -2.56. The molecule has 1 aliphatic heterocycles. The number of carbonyl (C=O) groups is 2.